The van der Waals surface area contributed by atoms with Crippen LogP contribution in [0.25, 0.3) is 5.70 Å². The van der Waals surface area contributed by atoms with E-state index < -0.39 is 0 Å². The molecule has 0 atom stereocenters. The molecule has 0 saturated heterocycles. The summed E-state index contributed by atoms with van der Waals surface area (Å²) in [5.74, 6) is 0.409. The van der Waals surface area contributed by atoms with Crippen LogP contribution < -0.4 is 5.43 Å². The van der Waals surface area contributed by atoms with Gasteiger partial charge in [-0.15, -0.1) is 5.10 Å². The highest BCUT2D eigenvalue weighted by Gasteiger charge is 2.08. The van der Waals surface area contributed by atoms with Crippen molar-refractivity contribution in [2.45, 2.75) is 0 Å². The van der Waals surface area contributed by atoms with Crippen molar-refractivity contribution < 1.29 is 8.81 Å². The topological polar surface area (TPSA) is 49.9 Å². The fourth-order valence-corrected chi connectivity index (χ4v) is 2.20. The molecule has 6 heteroatoms. The molecule has 20 heavy (non-hydrogen) atoms. The van der Waals surface area contributed by atoms with Gasteiger partial charge in [-0.1, -0.05) is 11.8 Å². The summed E-state index contributed by atoms with van der Waals surface area (Å²) in [5, 5.41) is 6.60. The predicted molar refractivity (Wildman–Crippen MR) is 78.8 cm³/mol. The first kappa shape index (κ1) is 12.7. The van der Waals surface area contributed by atoms with Gasteiger partial charge in [0.2, 0.25) is 5.17 Å². The quantitative estimate of drug-likeness (QED) is 0.861. The molecule has 0 unspecified atom stereocenters. The van der Waals surface area contributed by atoms with E-state index in [4.69, 9.17) is 4.42 Å². The van der Waals surface area contributed by atoms with Gasteiger partial charge < -0.3 is 4.42 Å². The van der Waals surface area contributed by atoms with Gasteiger partial charge in [0.05, 0.1) is 18.2 Å². The van der Waals surface area contributed by atoms with Crippen molar-refractivity contribution in [1.82, 2.24) is 5.43 Å². The summed E-state index contributed by atoms with van der Waals surface area (Å²) in [5.41, 5.74) is 4.58. The van der Waals surface area contributed by atoms with Gasteiger partial charge in [0, 0.05) is 11.0 Å². The molecule has 1 aromatic carbocycles. The van der Waals surface area contributed by atoms with Crippen molar-refractivity contribution in [3.63, 3.8) is 0 Å². The lowest BCUT2D eigenvalue weighted by molar-refractivity contribution is 0.560. The zero-order valence-electron chi connectivity index (χ0n) is 10.3. The minimum Gasteiger partial charge on any atom is -0.463 e. The van der Waals surface area contributed by atoms with Crippen LogP contribution >= 0.6 is 11.8 Å². The minimum atomic E-state index is -0.259. The molecule has 1 aromatic heterocycles. The number of thioether (sulfide) groups is 1. The first-order valence-electron chi connectivity index (χ1n) is 5.85. The minimum absolute atomic E-state index is 0.259. The summed E-state index contributed by atoms with van der Waals surface area (Å²) < 4.78 is 18.0. The Morgan fingerprint density at radius 2 is 2.10 bits per heavy atom. The zero-order valence-corrected chi connectivity index (χ0v) is 11.1. The molecule has 0 saturated carbocycles. The second kappa shape index (κ2) is 5.75. The Morgan fingerprint density at radius 1 is 1.25 bits per heavy atom. The fraction of sp³-hybridized carbons (Fsp3) is 0. The molecule has 1 aliphatic rings. The van der Waals surface area contributed by atoms with Crippen molar-refractivity contribution in [2.24, 2.45) is 10.1 Å². The van der Waals surface area contributed by atoms with Crippen LogP contribution in [0, 0.1) is 5.82 Å². The van der Waals surface area contributed by atoms with E-state index in [-0.39, 0.29) is 5.82 Å². The smallest absolute Gasteiger partial charge is 0.211 e. The summed E-state index contributed by atoms with van der Waals surface area (Å²) in [7, 11) is 0. The third-order valence-electron chi connectivity index (χ3n) is 2.55. The Bertz CT molecular complexity index is 675. The average Bonchev–Trinajstić information content (AvgIpc) is 3.00. The number of rotatable bonds is 2. The maximum absolute atomic E-state index is 12.9. The number of benzene rings is 1. The molecule has 1 N–H and O–H groups in total. The third-order valence-corrected chi connectivity index (χ3v) is 3.32. The van der Waals surface area contributed by atoms with E-state index in [2.05, 4.69) is 15.5 Å². The van der Waals surface area contributed by atoms with E-state index in [1.807, 2.05) is 11.5 Å². The molecule has 0 amide bonds. The summed E-state index contributed by atoms with van der Waals surface area (Å²) in [6, 6.07) is 9.82. The number of hydrogen-bond acceptors (Lipinski definition) is 5. The van der Waals surface area contributed by atoms with E-state index in [1.54, 1.807) is 30.7 Å². The molecule has 2 aromatic rings. The molecule has 0 fully saturated rings. The number of nitrogens with one attached hydrogen (secondary N) is 1. The molecule has 0 spiro atoms. The van der Waals surface area contributed by atoms with Crippen molar-refractivity contribution in [2.75, 3.05) is 0 Å². The first-order valence-corrected chi connectivity index (χ1v) is 6.73. The Labute approximate surface area is 119 Å². The molecule has 0 bridgehead atoms. The van der Waals surface area contributed by atoms with Gasteiger partial charge in [0.25, 0.3) is 0 Å². The van der Waals surface area contributed by atoms with Crippen LogP contribution in [0.15, 0.2) is 62.6 Å². The summed E-state index contributed by atoms with van der Waals surface area (Å²) in [6.07, 6.45) is 3.19. The highest BCUT2D eigenvalue weighted by atomic mass is 32.2. The highest BCUT2D eigenvalue weighted by molar-refractivity contribution is 8.16. The highest BCUT2D eigenvalue weighted by Crippen LogP contribution is 2.21. The Balaban J connectivity index is 1.66. The van der Waals surface area contributed by atoms with Crippen LogP contribution in [0.4, 0.5) is 4.39 Å². The van der Waals surface area contributed by atoms with Gasteiger partial charge in [-0.3, -0.25) is 5.43 Å². The van der Waals surface area contributed by atoms with Crippen LogP contribution in [-0.4, -0.2) is 11.4 Å². The largest absolute Gasteiger partial charge is 0.463 e. The maximum atomic E-state index is 12.9. The van der Waals surface area contributed by atoms with E-state index in [9.17, 15) is 4.39 Å². The van der Waals surface area contributed by atoms with Crippen LogP contribution in [0.2, 0.25) is 0 Å². The Kier molecular flexibility index (Phi) is 3.64. The monoisotopic (exact) mass is 287 g/mol. The van der Waals surface area contributed by atoms with E-state index >= 15 is 0 Å². The van der Waals surface area contributed by atoms with Crippen molar-refractivity contribution in [1.29, 1.82) is 0 Å². The maximum Gasteiger partial charge on any atom is 0.211 e. The molecule has 0 radical (unpaired) electrons. The lowest BCUT2D eigenvalue weighted by Crippen LogP contribution is -2.10. The summed E-state index contributed by atoms with van der Waals surface area (Å²) >= 11 is 1.38. The van der Waals surface area contributed by atoms with Gasteiger partial charge >= 0.3 is 0 Å². The Hall–Kier alpha value is -2.34. The molecule has 4 nitrogen and oxygen atoms in total. The fourth-order valence-electron chi connectivity index (χ4n) is 1.58. The molecule has 2 heterocycles. The van der Waals surface area contributed by atoms with Crippen LogP contribution in [-0.2, 0) is 0 Å². The zero-order chi connectivity index (χ0) is 13.8. The predicted octanol–water partition coefficient (Wildman–Crippen LogP) is 3.44. The van der Waals surface area contributed by atoms with E-state index in [0.29, 0.717) is 10.9 Å². The molecule has 100 valence electrons. The molecule has 0 aliphatic carbocycles. The summed E-state index contributed by atoms with van der Waals surface area (Å²) in [4.78, 5) is 4.20. The number of aliphatic imine (C=N–C) groups is 1. The molecule has 1 aliphatic heterocycles. The Morgan fingerprint density at radius 3 is 2.75 bits per heavy atom. The van der Waals surface area contributed by atoms with Crippen LogP contribution in [0.1, 0.15) is 11.3 Å². The van der Waals surface area contributed by atoms with Gasteiger partial charge in [0.15, 0.2) is 0 Å². The molecule has 3 rings (SSSR count). The number of nitrogens with zero attached hydrogens (tertiary/aromatic N) is 2. The lowest BCUT2D eigenvalue weighted by Gasteiger charge is -2.11. The number of hydrazone groups is 1. The normalized spacial score (nSPS) is 14.8. The molecular weight excluding hydrogens is 277 g/mol. The van der Waals surface area contributed by atoms with Crippen LogP contribution in [0.3, 0.4) is 0 Å². The van der Waals surface area contributed by atoms with E-state index in [1.165, 1.54) is 23.9 Å². The standard InChI is InChI=1S/C14H10FN3OS/c15-11-5-3-10(4-6-11)13-9-20-14(18-17-13)16-8-12-2-1-7-19-12/h1-9,17H. The van der Waals surface area contributed by atoms with Crippen molar-refractivity contribution >= 4 is 28.8 Å². The van der Waals surface area contributed by atoms with Gasteiger partial charge in [-0.2, -0.15) is 0 Å². The van der Waals surface area contributed by atoms with Gasteiger partial charge in [-0.05, 0) is 36.4 Å². The van der Waals surface area contributed by atoms with Crippen molar-refractivity contribution in [3.8, 4) is 0 Å². The SMILES string of the molecule is Fc1ccc(C2=CSC(N=Cc3ccco3)=NN2)cc1. The van der Waals surface area contributed by atoms with Gasteiger partial charge in [0.1, 0.15) is 11.6 Å². The van der Waals surface area contributed by atoms with Gasteiger partial charge in [-0.25, -0.2) is 9.38 Å². The van der Waals surface area contributed by atoms with E-state index in [0.717, 1.165) is 11.3 Å². The van der Waals surface area contributed by atoms with Crippen LogP contribution in [0.5, 0.6) is 0 Å². The third kappa shape index (κ3) is 2.97. The lowest BCUT2D eigenvalue weighted by atomic mass is 10.2. The second-order valence-electron chi connectivity index (χ2n) is 3.94. The average molecular weight is 287 g/mol. The first-order chi connectivity index (χ1) is 9.81. The number of halogens is 1. The van der Waals surface area contributed by atoms with Crippen molar-refractivity contribution in [3.05, 3.63) is 65.2 Å². The number of amidine groups is 1. The number of furan rings is 1. The molecular formula is C14H10FN3OS. The number of hydrogen-bond donors (Lipinski definition) is 1. The summed E-state index contributed by atoms with van der Waals surface area (Å²) in [6.45, 7) is 0. The second-order valence-corrected chi connectivity index (χ2v) is 4.77.